The van der Waals surface area contributed by atoms with Gasteiger partial charge in [-0.05, 0) is 71.9 Å². The van der Waals surface area contributed by atoms with Gasteiger partial charge in [0.15, 0.2) is 0 Å². The molecule has 2 aliphatic rings. The lowest BCUT2D eigenvalue weighted by Crippen LogP contribution is -2.43. The maximum atomic E-state index is 12.9. The molecule has 0 bridgehead atoms. The molecule has 0 saturated carbocycles. The van der Waals surface area contributed by atoms with E-state index in [-0.39, 0.29) is 18.4 Å². The Bertz CT molecular complexity index is 986. The van der Waals surface area contributed by atoms with Gasteiger partial charge in [-0.2, -0.15) is 4.31 Å². The van der Waals surface area contributed by atoms with Crippen molar-refractivity contribution in [3.8, 4) is 0 Å². The number of halogens is 1. The molecule has 2 aliphatic heterocycles. The smallest absolute Gasteiger partial charge is 0.252 e. The highest BCUT2D eigenvalue weighted by Gasteiger charge is 2.34. The van der Waals surface area contributed by atoms with Gasteiger partial charge in [0.25, 0.3) is 10.0 Å². The molecule has 1 aromatic carbocycles. The number of benzene rings is 1. The quantitative estimate of drug-likeness (QED) is 0.673. The minimum atomic E-state index is -3.56. The standard InChI is InChI=1S/C20H24BrN3O3S2/c21-18-8-9-19(28-18)29(26,27)24-12-4-5-15(14-24)20(25)22-16-6-3-7-17(13-16)23-10-1-2-11-23/h3,6-9,13,15H,1-2,4-5,10-12,14H2,(H,22,25). The van der Waals surface area contributed by atoms with Gasteiger partial charge in [0, 0.05) is 37.6 Å². The van der Waals surface area contributed by atoms with Crippen LogP contribution in [0.3, 0.4) is 0 Å². The third-order valence-electron chi connectivity index (χ3n) is 5.48. The van der Waals surface area contributed by atoms with Crippen LogP contribution in [0, 0.1) is 5.92 Å². The number of carbonyl (C=O) groups is 1. The molecule has 9 heteroatoms. The van der Waals surface area contributed by atoms with Gasteiger partial charge in [-0.1, -0.05) is 6.07 Å². The second-order valence-corrected chi connectivity index (χ2v) is 12.1. The van der Waals surface area contributed by atoms with Crippen LogP contribution < -0.4 is 10.2 Å². The van der Waals surface area contributed by atoms with Crippen molar-refractivity contribution in [2.45, 2.75) is 29.9 Å². The number of hydrogen-bond donors (Lipinski definition) is 1. The molecule has 2 fully saturated rings. The first-order valence-electron chi connectivity index (χ1n) is 9.85. The van der Waals surface area contributed by atoms with Gasteiger partial charge in [-0.3, -0.25) is 4.79 Å². The maximum absolute atomic E-state index is 12.9. The Labute approximate surface area is 184 Å². The zero-order valence-corrected chi connectivity index (χ0v) is 19.2. The molecule has 1 unspecified atom stereocenters. The second kappa shape index (κ2) is 8.75. The molecule has 3 heterocycles. The van der Waals surface area contributed by atoms with Gasteiger partial charge in [0.05, 0.1) is 9.70 Å². The molecule has 0 radical (unpaired) electrons. The fourth-order valence-electron chi connectivity index (χ4n) is 3.94. The number of carbonyl (C=O) groups excluding carboxylic acids is 1. The van der Waals surface area contributed by atoms with Crippen LogP contribution in [0.25, 0.3) is 0 Å². The summed E-state index contributed by atoms with van der Waals surface area (Å²) < 4.78 is 28.3. The average Bonchev–Trinajstić information content (AvgIpc) is 3.40. The molecule has 0 spiro atoms. The van der Waals surface area contributed by atoms with Gasteiger partial charge < -0.3 is 10.2 Å². The minimum absolute atomic E-state index is 0.115. The molecule has 4 rings (SSSR count). The van der Waals surface area contributed by atoms with E-state index in [1.54, 1.807) is 12.1 Å². The predicted molar refractivity (Wildman–Crippen MR) is 120 cm³/mol. The SMILES string of the molecule is O=C(Nc1cccc(N2CCCC2)c1)C1CCCN(S(=O)(=O)c2ccc(Br)s2)C1. The first-order valence-corrected chi connectivity index (χ1v) is 12.9. The summed E-state index contributed by atoms with van der Waals surface area (Å²) in [6, 6.07) is 11.3. The molecule has 0 aliphatic carbocycles. The van der Waals surface area contributed by atoms with Gasteiger partial charge >= 0.3 is 0 Å². The number of amides is 1. The molecular formula is C20H24BrN3O3S2. The predicted octanol–water partition coefficient (Wildman–Crippen LogP) is 4.15. The lowest BCUT2D eigenvalue weighted by atomic mass is 9.98. The van der Waals surface area contributed by atoms with Crippen LogP contribution in [0.4, 0.5) is 11.4 Å². The van der Waals surface area contributed by atoms with E-state index >= 15 is 0 Å². The van der Waals surface area contributed by atoms with E-state index < -0.39 is 10.0 Å². The minimum Gasteiger partial charge on any atom is -0.371 e. The fourth-order valence-corrected chi connectivity index (χ4v) is 7.63. The first-order chi connectivity index (χ1) is 13.9. The zero-order valence-electron chi connectivity index (χ0n) is 16.0. The normalized spacial score (nSPS) is 20.7. The number of hydrogen-bond acceptors (Lipinski definition) is 5. The first kappa shape index (κ1) is 20.8. The summed E-state index contributed by atoms with van der Waals surface area (Å²) in [6.45, 7) is 2.76. The summed E-state index contributed by atoms with van der Waals surface area (Å²) in [5.74, 6) is -0.465. The summed E-state index contributed by atoms with van der Waals surface area (Å²) >= 11 is 4.51. The number of piperidine rings is 1. The molecule has 1 amide bonds. The summed E-state index contributed by atoms with van der Waals surface area (Å²) in [5.41, 5.74) is 1.89. The monoisotopic (exact) mass is 497 g/mol. The molecule has 29 heavy (non-hydrogen) atoms. The molecule has 1 aromatic heterocycles. The van der Waals surface area contributed by atoms with E-state index in [2.05, 4.69) is 32.2 Å². The Morgan fingerprint density at radius 3 is 2.62 bits per heavy atom. The van der Waals surface area contributed by atoms with Gasteiger partial charge in [-0.25, -0.2) is 8.42 Å². The van der Waals surface area contributed by atoms with Crippen LogP contribution in [0.1, 0.15) is 25.7 Å². The molecule has 156 valence electrons. The van der Waals surface area contributed by atoms with E-state index in [1.165, 1.54) is 28.5 Å². The summed E-state index contributed by atoms with van der Waals surface area (Å²) in [6.07, 6.45) is 3.77. The maximum Gasteiger partial charge on any atom is 0.252 e. The van der Waals surface area contributed by atoms with Crippen molar-refractivity contribution in [1.82, 2.24) is 4.31 Å². The highest BCUT2D eigenvalue weighted by molar-refractivity contribution is 9.11. The van der Waals surface area contributed by atoms with Crippen LogP contribution in [0.2, 0.25) is 0 Å². The molecule has 2 aromatic rings. The summed E-state index contributed by atoms with van der Waals surface area (Å²) in [7, 11) is -3.56. The Hall–Kier alpha value is -1.42. The van der Waals surface area contributed by atoms with Crippen molar-refractivity contribution in [2.75, 3.05) is 36.4 Å². The topological polar surface area (TPSA) is 69.7 Å². The lowest BCUT2D eigenvalue weighted by molar-refractivity contribution is -0.120. The van der Waals surface area contributed by atoms with Crippen molar-refractivity contribution in [3.05, 3.63) is 40.2 Å². The van der Waals surface area contributed by atoms with Gasteiger partial charge in [0.1, 0.15) is 4.21 Å². The number of thiophene rings is 1. The molecular weight excluding hydrogens is 474 g/mol. The number of nitrogens with zero attached hydrogens (tertiary/aromatic N) is 2. The molecule has 2 saturated heterocycles. The summed E-state index contributed by atoms with van der Waals surface area (Å²) in [5, 5.41) is 3.00. The van der Waals surface area contributed by atoms with Crippen LogP contribution in [-0.2, 0) is 14.8 Å². The van der Waals surface area contributed by atoms with Crippen LogP contribution in [0.5, 0.6) is 0 Å². The van der Waals surface area contributed by atoms with Crippen molar-refractivity contribution in [3.63, 3.8) is 0 Å². The van der Waals surface area contributed by atoms with E-state index in [4.69, 9.17) is 0 Å². The van der Waals surface area contributed by atoms with Crippen LogP contribution >= 0.6 is 27.3 Å². The van der Waals surface area contributed by atoms with Gasteiger partial charge in [0.2, 0.25) is 5.91 Å². The zero-order chi connectivity index (χ0) is 20.4. The number of rotatable bonds is 5. The third kappa shape index (κ3) is 4.68. The number of nitrogens with one attached hydrogen (secondary N) is 1. The van der Waals surface area contributed by atoms with Crippen molar-refractivity contribution in [2.24, 2.45) is 5.92 Å². The van der Waals surface area contributed by atoms with E-state index in [0.29, 0.717) is 23.6 Å². The molecule has 1 N–H and O–H groups in total. The number of sulfonamides is 1. The Balaban J connectivity index is 1.43. The van der Waals surface area contributed by atoms with Crippen molar-refractivity contribution in [1.29, 1.82) is 0 Å². The third-order valence-corrected chi connectivity index (χ3v) is 9.44. The fraction of sp³-hybridized carbons (Fsp3) is 0.450. The average molecular weight is 498 g/mol. The highest BCUT2D eigenvalue weighted by Crippen LogP contribution is 2.31. The Morgan fingerprint density at radius 2 is 1.90 bits per heavy atom. The van der Waals surface area contributed by atoms with Crippen molar-refractivity contribution < 1.29 is 13.2 Å². The van der Waals surface area contributed by atoms with Crippen LogP contribution in [-0.4, -0.2) is 44.8 Å². The molecule has 1 atom stereocenters. The number of anilines is 2. The van der Waals surface area contributed by atoms with E-state index in [9.17, 15) is 13.2 Å². The van der Waals surface area contributed by atoms with Crippen molar-refractivity contribution >= 4 is 54.6 Å². The Kier molecular flexibility index (Phi) is 6.29. The lowest BCUT2D eigenvalue weighted by Gasteiger charge is -2.30. The van der Waals surface area contributed by atoms with Crippen LogP contribution in [0.15, 0.2) is 44.4 Å². The van der Waals surface area contributed by atoms with Gasteiger partial charge in [-0.15, -0.1) is 11.3 Å². The highest BCUT2D eigenvalue weighted by atomic mass is 79.9. The van der Waals surface area contributed by atoms with E-state index in [1.807, 2.05) is 18.2 Å². The van der Waals surface area contributed by atoms with E-state index in [0.717, 1.165) is 28.3 Å². The Morgan fingerprint density at radius 1 is 1.10 bits per heavy atom. The molecule has 6 nitrogen and oxygen atoms in total. The summed E-state index contributed by atoms with van der Waals surface area (Å²) in [4.78, 5) is 15.2. The largest absolute Gasteiger partial charge is 0.371 e. The second-order valence-electron chi connectivity index (χ2n) is 7.49.